The number of para-hydroxylation sites is 1. The quantitative estimate of drug-likeness (QED) is 0.853. The monoisotopic (exact) mass is 317 g/mol. The first kappa shape index (κ1) is 16.3. The van der Waals surface area contributed by atoms with Crippen molar-refractivity contribution in [1.29, 1.82) is 0 Å². The molecule has 22 heavy (non-hydrogen) atoms. The molecule has 0 aromatic heterocycles. The van der Waals surface area contributed by atoms with Gasteiger partial charge in [-0.1, -0.05) is 48.5 Å². The molecule has 1 N–H and O–H groups in total. The summed E-state index contributed by atoms with van der Waals surface area (Å²) in [7, 11) is -3.50. The van der Waals surface area contributed by atoms with Crippen LogP contribution in [0.25, 0.3) is 6.08 Å². The first-order chi connectivity index (χ1) is 10.6. The third-order valence-corrected chi connectivity index (χ3v) is 4.02. The van der Waals surface area contributed by atoms with Gasteiger partial charge in [0.05, 0.1) is 6.61 Å². The lowest BCUT2D eigenvalue weighted by Crippen LogP contribution is -2.21. The van der Waals surface area contributed by atoms with Gasteiger partial charge in [-0.05, 0) is 24.6 Å². The Labute approximate surface area is 131 Å². The van der Waals surface area contributed by atoms with Crippen LogP contribution >= 0.6 is 0 Å². The Morgan fingerprint density at radius 3 is 2.45 bits per heavy atom. The SMILES string of the molecule is CCOc1ccccc1CNS(=O)(=O)/C=C/c1ccccc1. The summed E-state index contributed by atoms with van der Waals surface area (Å²) in [6.45, 7) is 2.62. The van der Waals surface area contributed by atoms with Gasteiger partial charge in [0.15, 0.2) is 0 Å². The first-order valence-corrected chi connectivity index (χ1v) is 8.59. The highest BCUT2D eigenvalue weighted by Crippen LogP contribution is 2.17. The second-order valence-electron chi connectivity index (χ2n) is 4.62. The van der Waals surface area contributed by atoms with E-state index in [2.05, 4.69) is 4.72 Å². The average Bonchev–Trinajstić information content (AvgIpc) is 2.54. The van der Waals surface area contributed by atoms with Gasteiger partial charge in [0.1, 0.15) is 5.75 Å². The number of hydrogen-bond donors (Lipinski definition) is 1. The molecule has 0 saturated heterocycles. The van der Waals surface area contributed by atoms with E-state index < -0.39 is 10.0 Å². The smallest absolute Gasteiger partial charge is 0.234 e. The van der Waals surface area contributed by atoms with Crippen LogP contribution in [-0.2, 0) is 16.6 Å². The zero-order chi connectivity index (χ0) is 15.8. The van der Waals surface area contributed by atoms with Gasteiger partial charge < -0.3 is 4.74 Å². The van der Waals surface area contributed by atoms with E-state index in [4.69, 9.17) is 4.74 Å². The molecule has 0 fully saturated rings. The van der Waals surface area contributed by atoms with E-state index in [-0.39, 0.29) is 6.54 Å². The summed E-state index contributed by atoms with van der Waals surface area (Å²) in [6, 6.07) is 16.7. The van der Waals surface area contributed by atoms with Crippen molar-refractivity contribution in [2.45, 2.75) is 13.5 Å². The van der Waals surface area contributed by atoms with Crippen molar-refractivity contribution < 1.29 is 13.2 Å². The van der Waals surface area contributed by atoms with Gasteiger partial charge >= 0.3 is 0 Å². The molecule has 0 heterocycles. The standard InChI is InChI=1S/C17H19NO3S/c1-2-21-17-11-7-6-10-16(17)14-18-22(19,20)13-12-15-8-4-3-5-9-15/h3-13,18H,2,14H2,1H3/b13-12+. The summed E-state index contributed by atoms with van der Waals surface area (Å²) in [5, 5.41) is 1.17. The molecule has 0 unspecified atom stereocenters. The van der Waals surface area contributed by atoms with Crippen LogP contribution in [0.4, 0.5) is 0 Å². The van der Waals surface area contributed by atoms with Gasteiger partial charge in [0, 0.05) is 17.5 Å². The average molecular weight is 317 g/mol. The van der Waals surface area contributed by atoms with Crippen LogP contribution in [0.5, 0.6) is 5.75 Å². The molecule has 116 valence electrons. The van der Waals surface area contributed by atoms with E-state index >= 15 is 0 Å². The Balaban J connectivity index is 2.03. The van der Waals surface area contributed by atoms with E-state index in [1.54, 1.807) is 6.08 Å². The maximum atomic E-state index is 12.0. The molecule has 2 rings (SSSR count). The van der Waals surface area contributed by atoms with Crippen LogP contribution in [0, 0.1) is 0 Å². The van der Waals surface area contributed by atoms with Gasteiger partial charge in [0.25, 0.3) is 0 Å². The van der Waals surface area contributed by atoms with E-state index in [0.29, 0.717) is 12.4 Å². The maximum Gasteiger partial charge on any atom is 0.234 e. The van der Waals surface area contributed by atoms with Gasteiger partial charge in [-0.25, -0.2) is 13.1 Å². The molecule has 0 saturated carbocycles. The summed E-state index contributed by atoms with van der Waals surface area (Å²) in [5.41, 5.74) is 1.64. The highest BCUT2D eigenvalue weighted by atomic mass is 32.2. The second kappa shape index (κ2) is 7.77. The van der Waals surface area contributed by atoms with Crippen molar-refractivity contribution in [3.05, 3.63) is 71.1 Å². The Bertz CT molecular complexity index is 725. The lowest BCUT2D eigenvalue weighted by atomic mass is 10.2. The maximum absolute atomic E-state index is 12.0. The minimum absolute atomic E-state index is 0.192. The number of benzene rings is 2. The lowest BCUT2D eigenvalue weighted by Gasteiger charge is -2.10. The molecular weight excluding hydrogens is 298 g/mol. The molecule has 0 amide bonds. The Morgan fingerprint density at radius 2 is 1.73 bits per heavy atom. The minimum atomic E-state index is -3.50. The van der Waals surface area contributed by atoms with Gasteiger partial charge in [-0.15, -0.1) is 0 Å². The van der Waals surface area contributed by atoms with Crippen LogP contribution in [0.1, 0.15) is 18.1 Å². The normalized spacial score (nSPS) is 11.7. The summed E-state index contributed by atoms with van der Waals surface area (Å²) in [5.74, 6) is 0.694. The number of nitrogens with one attached hydrogen (secondary N) is 1. The van der Waals surface area contributed by atoms with E-state index in [9.17, 15) is 8.42 Å². The fourth-order valence-corrected chi connectivity index (χ4v) is 2.69. The largest absolute Gasteiger partial charge is 0.494 e. The zero-order valence-electron chi connectivity index (χ0n) is 12.4. The second-order valence-corrected chi connectivity index (χ2v) is 6.27. The highest BCUT2D eigenvalue weighted by Gasteiger charge is 2.08. The van der Waals surface area contributed by atoms with Crippen LogP contribution in [-0.4, -0.2) is 15.0 Å². The van der Waals surface area contributed by atoms with E-state index in [1.165, 1.54) is 5.41 Å². The van der Waals surface area contributed by atoms with Crippen molar-refractivity contribution >= 4 is 16.1 Å². The Morgan fingerprint density at radius 1 is 1.05 bits per heavy atom. The summed E-state index contributed by atoms with van der Waals surface area (Å²) < 4.78 is 32.0. The van der Waals surface area contributed by atoms with Crippen LogP contribution < -0.4 is 9.46 Å². The van der Waals surface area contributed by atoms with Crippen molar-refractivity contribution in [3.8, 4) is 5.75 Å². The fourth-order valence-electron chi connectivity index (χ4n) is 1.90. The molecule has 0 radical (unpaired) electrons. The first-order valence-electron chi connectivity index (χ1n) is 7.04. The molecule has 2 aromatic carbocycles. The highest BCUT2D eigenvalue weighted by molar-refractivity contribution is 7.92. The minimum Gasteiger partial charge on any atom is -0.494 e. The molecule has 2 aromatic rings. The third kappa shape index (κ3) is 5.02. The molecule has 4 nitrogen and oxygen atoms in total. The Hall–Kier alpha value is -2.11. The zero-order valence-corrected chi connectivity index (χ0v) is 13.2. The van der Waals surface area contributed by atoms with E-state index in [1.807, 2.05) is 61.5 Å². The fraction of sp³-hybridized carbons (Fsp3) is 0.176. The van der Waals surface area contributed by atoms with Crippen LogP contribution in [0.3, 0.4) is 0 Å². The predicted octanol–water partition coefficient (Wildman–Crippen LogP) is 3.18. The van der Waals surface area contributed by atoms with Crippen LogP contribution in [0.2, 0.25) is 0 Å². The van der Waals surface area contributed by atoms with E-state index in [0.717, 1.165) is 11.1 Å². The molecule has 0 spiro atoms. The molecule has 0 aliphatic carbocycles. The summed E-state index contributed by atoms with van der Waals surface area (Å²) >= 11 is 0. The molecule has 5 heteroatoms. The summed E-state index contributed by atoms with van der Waals surface area (Å²) in [6.07, 6.45) is 1.57. The molecule has 0 atom stereocenters. The van der Waals surface area contributed by atoms with Gasteiger partial charge in [0.2, 0.25) is 10.0 Å². The molecule has 0 aliphatic rings. The van der Waals surface area contributed by atoms with Gasteiger partial charge in [-0.3, -0.25) is 0 Å². The summed E-state index contributed by atoms with van der Waals surface area (Å²) in [4.78, 5) is 0. The lowest BCUT2D eigenvalue weighted by molar-refractivity contribution is 0.336. The topological polar surface area (TPSA) is 55.4 Å². The number of sulfonamides is 1. The molecule has 0 bridgehead atoms. The van der Waals surface area contributed by atoms with Crippen molar-refractivity contribution in [2.75, 3.05) is 6.61 Å². The number of hydrogen-bond acceptors (Lipinski definition) is 3. The number of ether oxygens (including phenoxy) is 1. The third-order valence-electron chi connectivity index (χ3n) is 2.98. The van der Waals surface area contributed by atoms with Crippen LogP contribution in [0.15, 0.2) is 60.0 Å². The Kier molecular flexibility index (Phi) is 5.75. The molecule has 0 aliphatic heterocycles. The van der Waals surface area contributed by atoms with Crippen molar-refractivity contribution in [1.82, 2.24) is 4.72 Å². The van der Waals surface area contributed by atoms with Gasteiger partial charge in [-0.2, -0.15) is 0 Å². The predicted molar refractivity (Wildman–Crippen MR) is 88.8 cm³/mol. The molecular formula is C17H19NO3S. The van der Waals surface area contributed by atoms with Crippen molar-refractivity contribution in [2.24, 2.45) is 0 Å². The number of rotatable bonds is 7. The van der Waals surface area contributed by atoms with Crippen molar-refractivity contribution in [3.63, 3.8) is 0 Å².